The molecule has 2 nitrogen and oxygen atoms in total. The largest absolute Gasteiger partial charge is 0.303 e. The second kappa shape index (κ2) is 2.11. The van der Waals surface area contributed by atoms with Gasteiger partial charge in [-0.25, -0.2) is 0 Å². The number of nitrogens with one attached hydrogen (secondary N) is 1. The zero-order valence-corrected chi connectivity index (χ0v) is 6.17. The van der Waals surface area contributed by atoms with E-state index in [4.69, 9.17) is 0 Å². The van der Waals surface area contributed by atoms with Crippen molar-refractivity contribution in [1.29, 1.82) is 0 Å². The van der Waals surface area contributed by atoms with Gasteiger partial charge in [-0.05, 0) is 31.3 Å². The topological polar surface area (TPSA) is 24.4 Å². The first-order valence-electron chi connectivity index (χ1n) is 3.86. The summed E-state index contributed by atoms with van der Waals surface area (Å²) in [5, 5.41) is 4.06. The molecule has 0 radical (unpaired) electrons. The number of allylic oxidation sites excluding steroid dienone is 1. The van der Waals surface area contributed by atoms with Crippen molar-refractivity contribution < 1.29 is 0 Å². The van der Waals surface area contributed by atoms with Gasteiger partial charge in [0, 0.05) is 0 Å². The standard InChI is InChI=1S/C8H12N2/c1-6-4-8(5-9-10-6)7-2-3-7/h4-7,10H,2-3H2,1H3. The van der Waals surface area contributed by atoms with Crippen molar-refractivity contribution in [2.24, 2.45) is 11.0 Å². The lowest BCUT2D eigenvalue weighted by atomic mass is 10.1. The van der Waals surface area contributed by atoms with E-state index in [2.05, 4.69) is 23.5 Å². The van der Waals surface area contributed by atoms with E-state index in [1.807, 2.05) is 6.21 Å². The summed E-state index contributed by atoms with van der Waals surface area (Å²) >= 11 is 0. The van der Waals surface area contributed by atoms with Crippen LogP contribution in [0.5, 0.6) is 0 Å². The maximum absolute atomic E-state index is 4.06. The van der Waals surface area contributed by atoms with E-state index in [1.54, 1.807) is 0 Å². The second-order valence-electron chi connectivity index (χ2n) is 3.12. The summed E-state index contributed by atoms with van der Waals surface area (Å²) in [7, 11) is 0. The van der Waals surface area contributed by atoms with Crippen LogP contribution in [-0.2, 0) is 0 Å². The Labute approximate surface area is 61.0 Å². The SMILES string of the molecule is CC1C=C(C2CC2)C=NN1. The molecule has 0 aromatic heterocycles. The van der Waals surface area contributed by atoms with Crippen LogP contribution in [0.1, 0.15) is 19.8 Å². The van der Waals surface area contributed by atoms with Crippen LogP contribution in [0, 0.1) is 5.92 Å². The lowest BCUT2D eigenvalue weighted by molar-refractivity contribution is 0.658. The van der Waals surface area contributed by atoms with Crippen molar-refractivity contribution >= 4 is 6.21 Å². The van der Waals surface area contributed by atoms with E-state index in [0.717, 1.165) is 5.92 Å². The van der Waals surface area contributed by atoms with Gasteiger partial charge < -0.3 is 5.43 Å². The third kappa shape index (κ3) is 1.06. The van der Waals surface area contributed by atoms with Crippen molar-refractivity contribution in [2.45, 2.75) is 25.8 Å². The zero-order chi connectivity index (χ0) is 6.97. The molecule has 1 saturated carbocycles. The highest BCUT2D eigenvalue weighted by Gasteiger charge is 2.25. The molecule has 1 N–H and O–H groups in total. The molecular weight excluding hydrogens is 124 g/mol. The average molecular weight is 136 g/mol. The number of hydrogen-bond acceptors (Lipinski definition) is 2. The van der Waals surface area contributed by atoms with Gasteiger partial charge in [-0.15, -0.1) is 0 Å². The molecule has 1 aliphatic carbocycles. The van der Waals surface area contributed by atoms with Gasteiger partial charge in [-0.1, -0.05) is 6.08 Å². The molecule has 0 bridgehead atoms. The molecule has 2 aliphatic rings. The Kier molecular flexibility index (Phi) is 1.26. The third-order valence-electron chi connectivity index (χ3n) is 1.98. The van der Waals surface area contributed by atoms with Gasteiger partial charge >= 0.3 is 0 Å². The van der Waals surface area contributed by atoms with E-state index in [1.165, 1.54) is 18.4 Å². The fourth-order valence-corrected chi connectivity index (χ4v) is 1.26. The Balaban J connectivity index is 2.10. The van der Waals surface area contributed by atoms with Crippen molar-refractivity contribution in [1.82, 2.24) is 5.43 Å². The number of nitrogens with zero attached hydrogens (tertiary/aromatic N) is 1. The van der Waals surface area contributed by atoms with Crippen LogP contribution < -0.4 is 5.43 Å². The molecule has 0 aromatic carbocycles. The van der Waals surface area contributed by atoms with E-state index in [9.17, 15) is 0 Å². The highest BCUT2D eigenvalue weighted by atomic mass is 15.3. The number of hydrazone groups is 1. The van der Waals surface area contributed by atoms with E-state index >= 15 is 0 Å². The van der Waals surface area contributed by atoms with Gasteiger partial charge in [0.1, 0.15) is 0 Å². The summed E-state index contributed by atoms with van der Waals surface area (Å²) in [6.45, 7) is 2.12. The molecule has 0 spiro atoms. The normalized spacial score (nSPS) is 31.3. The molecule has 0 aromatic rings. The molecule has 1 heterocycles. The van der Waals surface area contributed by atoms with Gasteiger partial charge in [-0.3, -0.25) is 0 Å². The molecule has 1 aliphatic heterocycles. The maximum Gasteiger partial charge on any atom is 0.0598 e. The van der Waals surface area contributed by atoms with Crippen molar-refractivity contribution in [3.63, 3.8) is 0 Å². The molecule has 54 valence electrons. The van der Waals surface area contributed by atoms with Crippen LogP contribution >= 0.6 is 0 Å². The Hall–Kier alpha value is -0.790. The minimum atomic E-state index is 0.431. The third-order valence-corrected chi connectivity index (χ3v) is 1.98. The molecular formula is C8H12N2. The number of hydrogen-bond donors (Lipinski definition) is 1. The summed E-state index contributed by atoms with van der Waals surface area (Å²) in [6.07, 6.45) is 6.96. The van der Waals surface area contributed by atoms with E-state index < -0.39 is 0 Å². The Morgan fingerprint density at radius 1 is 1.60 bits per heavy atom. The minimum absolute atomic E-state index is 0.431. The van der Waals surface area contributed by atoms with Crippen molar-refractivity contribution in [2.75, 3.05) is 0 Å². The lowest BCUT2D eigenvalue weighted by Crippen LogP contribution is -2.22. The van der Waals surface area contributed by atoms with Crippen LogP contribution in [0.3, 0.4) is 0 Å². The van der Waals surface area contributed by atoms with Crippen LogP contribution in [0.4, 0.5) is 0 Å². The van der Waals surface area contributed by atoms with E-state index in [0.29, 0.717) is 6.04 Å². The summed E-state index contributed by atoms with van der Waals surface area (Å²) in [4.78, 5) is 0. The summed E-state index contributed by atoms with van der Waals surface area (Å²) < 4.78 is 0. The minimum Gasteiger partial charge on any atom is -0.303 e. The van der Waals surface area contributed by atoms with Gasteiger partial charge in [0.15, 0.2) is 0 Å². The van der Waals surface area contributed by atoms with Gasteiger partial charge in [0.25, 0.3) is 0 Å². The highest BCUT2D eigenvalue weighted by Crippen LogP contribution is 2.36. The Morgan fingerprint density at radius 2 is 2.40 bits per heavy atom. The fourth-order valence-electron chi connectivity index (χ4n) is 1.26. The Bertz CT molecular complexity index is 189. The van der Waals surface area contributed by atoms with Crippen molar-refractivity contribution in [3.05, 3.63) is 11.6 Å². The van der Waals surface area contributed by atoms with Crippen molar-refractivity contribution in [3.8, 4) is 0 Å². The smallest absolute Gasteiger partial charge is 0.0598 e. The summed E-state index contributed by atoms with van der Waals surface area (Å²) in [6, 6.07) is 0.431. The molecule has 10 heavy (non-hydrogen) atoms. The van der Waals surface area contributed by atoms with Crippen LogP contribution in [0.25, 0.3) is 0 Å². The van der Waals surface area contributed by atoms with E-state index in [-0.39, 0.29) is 0 Å². The first-order valence-corrected chi connectivity index (χ1v) is 3.86. The molecule has 0 saturated heterocycles. The summed E-state index contributed by atoms with van der Waals surface area (Å²) in [5.41, 5.74) is 4.42. The highest BCUT2D eigenvalue weighted by molar-refractivity contribution is 5.80. The first kappa shape index (κ1) is 5.96. The van der Waals surface area contributed by atoms with Crippen LogP contribution in [0.15, 0.2) is 16.8 Å². The predicted octanol–water partition coefficient (Wildman–Crippen LogP) is 1.30. The second-order valence-corrected chi connectivity index (χ2v) is 3.12. The van der Waals surface area contributed by atoms with Gasteiger partial charge in [-0.2, -0.15) is 5.10 Å². The maximum atomic E-state index is 4.06. The lowest BCUT2D eigenvalue weighted by Gasteiger charge is -2.12. The number of rotatable bonds is 1. The van der Waals surface area contributed by atoms with Gasteiger partial charge in [0.05, 0.1) is 12.3 Å². The molecule has 2 heteroatoms. The monoisotopic (exact) mass is 136 g/mol. The fraction of sp³-hybridized carbons (Fsp3) is 0.625. The average Bonchev–Trinajstić information content (AvgIpc) is 2.68. The molecule has 1 fully saturated rings. The molecule has 1 unspecified atom stereocenters. The summed E-state index contributed by atoms with van der Waals surface area (Å²) in [5.74, 6) is 0.841. The first-order chi connectivity index (χ1) is 4.86. The van der Waals surface area contributed by atoms with Crippen LogP contribution in [-0.4, -0.2) is 12.3 Å². The molecule has 1 atom stereocenters. The zero-order valence-electron chi connectivity index (χ0n) is 6.17. The predicted molar refractivity (Wildman–Crippen MR) is 41.9 cm³/mol. The quantitative estimate of drug-likeness (QED) is 0.577. The molecule has 2 rings (SSSR count). The van der Waals surface area contributed by atoms with Gasteiger partial charge in [0.2, 0.25) is 0 Å². The van der Waals surface area contributed by atoms with Crippen LogP contribution in [0.2, 0.25) is 0 Å². The Morgan fingerprint density at radius 3 is 3.00 bits per heavy atom. The molecule has 0 amide bonds.